The molecule has 1 aromatic rings. The molecule has 1 aliphatic carbocycles. The van der Waals surface area contributed by atoms with Crippen molar-refractivity contribution in [3.8, 4) is 0 Å². The van der Waals surface area contributed by atoms with Crippen LogP contribution in [-0.4, -0.2) is 26.0 Å². The molecule has 3 heteroatoms. The normalized spacial score (nSPS) is 18.2. The van der Waals surface area contributed by atoms with E-state index in [-0.39, 0.29) is 9.68 Å². The molecular weight excluding hydrogens is 226 g/mol. The monoisotopic (exact) mass is 249 g/mol. The summed E-state index contributed by atoms with van der Waals surface area (Å²) in [6.07, 6.45) is 7.22. The number of hydrogen-bond acceptors (Lipinski definition) is 1. The fraction of sp³-hybridized carbons (Fsp3) is 0.538. The van der Waals surface area contributed by atoms with Gasteiger partial charge in [-0.1, -0.05) is 43.1 Å². The molecule has 0 bridgehead atoms. The van der Waals surface area contributed by atoms with E-state index >= 15 is 0 Å². The van der Waals surface area contributed by atoms with Gasteiger partial charge in [-0.25, -0.2) is 0 Å². The number of hydrogen-bond donors (Lipinski definition) is 0. The standard InChI is InChI=1S/C13H23NSi2/c15-11-16-14(12-7-3-1-4-8-12)13-9-5-2-6-10-13/h1,3-4,7-8,13H,2,5-6,9-11,16H2,15H3. The van der Waals surface area contributed by atoms with E-state index in [0.29, 0.717) is 0 Å². The van der Waals surface area contributed by atoms with Gasteiger partial charge in [0.25, 0.3) is 0 Å². The van der Waals surface area contributed by atoms with E-state index in [1.54, 1.807) is 0 Å². The van der Waals surface area contributed by atoms with Crippen molar-refractivity contribution in [3.05, 3.63) is 30.3 Å². The molecule has 16 heavy (non-hydrogen) atoms. The summed E-state index contributed by atoms with van der Waals surface area (Å²) in [6.45, 7) is 0. The largest absolute Gasteiger partial charge is 0.401 e. The Labute approximate surface area is 105 Å². The third-order valence-electron chi connectivity index (χ3n) is 3.57. The van der Waals surface area contributed by atoms with Gasteiger partial charge in [-0.3, -0.25) is 0 Å². The molecule has 88 valence electrons. The lowest BCUT2D eigenvalue weighted by molar-refractivity contribution is 0.443. The first-order chi connectivity index (χ1) is 7.92. The Morgan fingerprint density at radius 1 is 1.12 bits per heavy atom. The van der Waals surface area contributed by atoms with Crippen LogP contribution in [-0.2, 0) is 0 Å². The second kappa shape index (κ2) is 6.25. The van der Waals surface area contributed by atoms with Gasteiger partial charge < -0.3 is 4.57 Å². The average Bonchev–Trinajstić information content (AvgIpc) is 2.38. The minimum atomic E-state index is -0.0124. The summed E-state index contributed by atoms with van der Waals surface area (Å²) in [5.41, 5.74) is 3.02. The molecule has 0 amide bonds. The van der Waals surface area contributed by atoms with Crippen LogP contribution in [0.2, 0.25) is 5.67 Å². The number of para-hydroxylation sites is 1. The molecule has 0 saturated heterocycles. The second-order valence-corrected chi connectivity index (χ2v) is 9.95. The Kier molecular flexibility index (Phi) is 4.66. The van der Waals surface area contributed by atoms with Crippen LogP contribution in [0.25, 0.3) is 0 Å². The molecule has 0 heterocycles. The molecular formula is C13H23NSi2. The second-order valence-electron chi connectivity index (χ2n) is 4.82. The van der Waals surface area contributed by atoms with E-state index in [1.807, 2.05) is 0 Å². The highest BCUT2D eigenvalue weighted by Gasteiger charge is 2.20. The lowest BCUT2D eigenvalue weighted by Gasteiger charge is -2.36. The van der Waals surface area contributed by atoms with Gasteiger partial charge in [-0.2, -0.15) is 0 Å². The summed E-state index contributed by atoms with van der Waals surface area (Å²) in [5.74, 6) is 0. The Morgan fingerprint density at radius 2 is 1.81 bits per heavy atom. The molecule has 1 aliphatic rings. The smallest absolute Gasteiger partial charge is 0.121 e. The molecule has 0 unspecified atom stereocenters. The Hall–Kier alpha value is -0.546. The molecule has 0 aromatic heterocycles. The minimum Gasteiger partial charge on any atom is -0.401 e. The first kappa shape index (κ1) is 11.9. The van der Waals surface area contributed by atoms with Crippen molar-refractivity contribution in [2.75, 3.05) is 4.57 Å². The van der Waals surface area contributed by atoms with Crippen molar-refractivity contribution in [2.45, 2.75) is 43.8 Å². The summed E-state index contributed by atoms with van der Waals surface area (Å²) >= 11 is 0. The first-order valence-electron chi connectivity index (χ1n) is 6.73. The van der Waals surface area contributed by atoms with Gasteiger partial charge in [-0.15, -0.1) is 0 Å². The van der Waals surface area contributed by atoms with Crippen LogP contribution in [0.3, 0.4) is 0 Å². The van der Waals surface area contributed by atoms with Crippen molar-refractivity contribution in [3.63, 3.8) is 0 Å². The highest BCUT2D eigenvalue weighted by Crippen LogP contribution is 2.26. The van der Waals surface area contributed by atoms with Crippen LogP contribution < -0.4 is 4.57 Å². The van der Waals surface area contributed by atoms with Crippen LogP contribution in [0.4, 0.5) is 5.69 Å². The van der Waals surface area contributed by atoms with Crippen LogP contribution in [0.1, 0.15) is 32.1 Å². The fourth-order valence-electron chi connectivity index (χ4n) is 2.78. The fourth-order valence-corrected chi connectivity index (χ4v) is 5.90. The van der Waals surface area contributed by atoms with Gasteiger partial charge in [0, 0.05) is 22.0 Å². The van der Waals surface area contributed by atoms with E-state index in [1.165, 1.54) is 53.7 Å². The van der Waals surface area contributed by atoms with Crippen LogP contribution in [0.15, 0.2) is 30.3 Å². The van der Waals surface area contributed by atoms with Crippen LogP contribution >= 0.6 is 0 Å². The molecule has 1 fully saturated rings. The van der Waals surface area contributed by atoms with Crippen molar-refractivity contribution in [2.24, 2.45) is 0 Å². The summed E-state index contributed by atoms with van der Waals surface area (Å²) in [7, 11) is 1.37. The molecule has 0 radical (unpaired) electrons. The number of benzene rings is 1. The maximum absolute atomic E-state index is 2.80. The van der Waals surface area contributed by atoms with E-state index < -0.39 is 0 Å². The van der Waals surface area contributed by atoms with E-state index in [9.17, 15) is 0 Å². The van der Waals surface area contributed by atoms with Gasteiger partial charge >= 0.3 is 0 Å². The third-order valence-corrected chi connectivity index (χ3v) is 6.72. The number of anilines is 1. The molecule has 1 aromatic carbocycles. The first-order valence-corrected chi connectivity index (χ1v) is 9.78. The van der Waals surface area contributed by atoms with Crippen molar-refractivity contribution < 1.29 is 0 Å². The minimum absolute atomic E-state index is 0.0124. The summed E-state index contributed by atoms with van der Waals surface area (Å²) in [5, 5.41) is 0. The zero-order chi connectivity index (χ0) is 11.2. The Bertz CT molecular complexity index is 296. The highest BCUT2D eigenvalue weighted by atomic mass is 28.3. The van der Waals surface area contributed by atoms with Gasteiger partial charge in [0.1, 0.15) is 9.68 Å². The number of rotatable bonds is 4. The molecule has 2 rings (SSSR count). The topological polar surface area (TPSA) is 3.24 Å². The predicted molar refractivity (Wildman–Crippen MR) is 79.1 cm³/mol. The maximum Gasteiger partial charge on any atom is 0.121 e. The van der Waals surface area contributed by atoms with Crippen LogP contribution in [0.5, 0.6) is 0 Å². The molecule has 0 N–H and O–H groups in total. The lowest BCUT2D eigenvalue weighted by atomic mass is 9.95. The molecule has 1 saturated carbocycles. The van der Waals surface area contributed by atoms with Gasteiger partial charge in [0.05, 0.1) is 0 Å². The highest BCUT2D eigenvalue weighted by molar-refractivity contribution is 6.51. The number of nitrogens with zero attached hydrogens (tertiary/aromatic N) is 1. The molecule has 0 aliphatic heterocycles. The molecule has 0 spiro atoms. The zero-order valence-corrected chi connectivity index (χ0v) is 13.8. The average molecular weight is 250 g/mol. The van der Waals surface area contributed by atoms with Crippen molar-refractivity contribution >= 4 is 25.6 Å². The maximum atomic E-state index is 2.80. The SMILES string of the molecule is [SiH3]C[SiH2]N(c1ccccc1)C1CCCCC1. The van der Waals surface area contributed by atoms with E-state index in [4.69, 9.17) is 0 Å². The summed E-state index contributed by atoms with van der Waals surface area (Å²) in [6, 6.07) is 12.0. The predicted octanol–water partition coefficient (Wildman–Crippen LogP) is 1.65. The lowest BCUT2D eigenvalue weighted by Crippen LogP contribution is -2.39. The zero-order valence-electron chi connectivity index (χ0n) is 10.4. The van der Waals surface area contributed by atoms with E-state index in [0.717, 1.165) is 6.04 Å². The van der Waals surface area contributed by atoms with Crippen LogP contribution in [0, 0.1) is 0 Å². The Balaban J connectivity index is 2.09. The summed E-state index contributed by atoms with van der Waals surface area (Å²) < 4.78 is 2.80. The molecule has 1 nitrogen and oxygen atoms in total. The van der Waals surface area contributed by atoms with Gasteiger partial charge in [-0.05, 0) is 25.0 Å². The van der Waals surface area contributed by atoms with Crippen molar-refractivity contribution in [1.82, 2.24) is 0 Å². The van der Waals surface area contributed by atoms with Gasteiger partial charge in [0.2, 0.25) is 0 Å². The summed E-state index contributed by atoms with van der Waals surface area (Å²) in [4.78, 5) is 0. The Morgan fingerprint density at radius 3 is 2.44 bits per heavy atom. The van der Waals surface area contributed by atoms with Crippen molar-refractivity contribution in [1.29, 1.82) is 0 Å². The van der Waals surface area contributed by atoms with E-state index in [2.05, 4.69) is 34.9 Å². The van der Waals surface area contributed by atoms with Gasteiger partial charge in [0.15, 0.2) is 0 Å². The quantitative estimate of drug-likeness (QED) is 0.734. The molecule has 0 atom stereocenters. The third kappa shape index (κ3) is 2.98.